The van der Waals surface area contributed by atoms with E-state index < -0.39 is 0 Å². The Hall–Kier alpha value is -2.77. The molecule has 3 heterocycles. The lowest BCUT2D eigenvalue weighted by Gasteiger charge is -2.16. The highest BCUT2D eigenvalue weighted by atomic mass is 32.2. The third-order valence-electron chi connectivity index (χ3n) is 5.33. The van der Waals surface area contributed by atoms with Crippen LogP contribution in [0.25, 0.3) is 11.3 Å². The normalized spacial score (nSPS) is 17.4. The first kappa shape index (κ1) is 19.2. The van der Waals surface area contributed by atoms with Crippen LogP contribution in [0.1, 0.15) is 23.2 Å². The molecule has 6 nitrogen and oxygen atoms in total. The summed E-state index contributed by atoms with van der Waals surface area (Å²) in [6.45, 7) is 1.75. The second-order valence-corrected chi connectivity index (χ2v) is 8.26. The average Bonchev–Trinajstić information content (AvgIpc) is 3.54. The summed E-state index contributed by atoms with van der Waals surface area (Å²) in [4.78, 5) is 17.4. The Morgan fingerprint density at radius 3 is 2.83 bits per heavy atom. The zero-order valence-corrected chi connectivity index (χ0v) is 17.3. The van der Waals surface area contributed by atoms with Crippen molar-refractivity contribution in [3.05, 3.63) is 60.3 Å². The van der Waals surface area contributed by atoms with Gasteiger partial charge in [-0.3, -0.25) is 4.79 Å². The van der Waals surface area contributed by atoms with E-state index in [0.29, 0.717) is 22.8 Å². The molecule has 0 unspecified atom stereocenters. The lowest BCUT2D eigenvalue weighted by Crippen LogP contribution is -2.17. The Morgan fingerprint density at radius 2 is 2.00 bits per heavy atom. The fourth-order valence-corrected chi connectivity index (χ4v) is 4.65. The maximum atomic E-state index is 12.8. The summed E-state index contributed by atoms with van der Waals surface area (Å²) in [6, 6.07) is 15.5. The molecule has 3 aromatic rings. The molecule has 30 heavy (non-hydrogen) atoms. The Labute approximate surface area is 179 Å². The predicted molar refractivity (Wildman–Crippen MR) is 114 cm³/mol. The first-order chi connectivity index (χ1) is 14.8. The van der Waals surface area contributed by atoms with Gasteiger partial charge in [0.05, 0.1) is 30.3 Å². The first-order valence-electron chi connectivity index (χ1n) is 10.1. The highest BCUT2D eigenvalue weighted by molar-refractivity contribution is 7.99. The molecule has 0 saturated carbocycles. The van der Waals surface area contributed by atoms with Crippen LogP contribution >= 0.6 is 11.8 Å². The van der Waals surface area contributed by atoms with Crippen LogP contribution in [0.4, 0.5) is 0 Å². The van der Waals surface area contributed by atoms with E-state index in [9.17, 15) is 4.79 Å². The van der Waals surface area contributed by atoms with Crippen molar-refractivity contribution >= 4 is 17.5 Å². The van der Waals surface area contributed by atoms with Crippen LogP contribution in [0.3, 0.4) is 0 Å². The van der Waals surface area contributed by atoms with Gasteiger partial charge in [-0.15, -0.1) is 0 Å². The monoisotopic (exact) mass is 422 g/mol. The molecular weight excluding hydrogens is 400 g/mol. The van der Waals surface area contributed by atoms with Crippen LogP contribution in [0.5, 0.6) is 11.5 Å². The summed E-state index contributed by atoms with van der Waals surface area (Å²) in [5.74, 6) is 1.64. The minimum Gasteiger partial charge on any atom is -0.454 e. The number of benzene rings is 2. The van der Waals surface area contributed by atoms with E-state index in [4.69, 9.17) is 14.2 Å². The van der Waals surface area contributed by atoms with Crippen molar-refractivity contribution in [3.63, 3.8) is 0 Å². The molecule has 1 atom stereocenters. The minimum absolute atomic E-state index is 0.0335. The molecule has 5 rings (SSSR count). The molecule has 2 aromatic carbocycles. The second kappa shape index (κ2) is 8.53. The first-order valence-corrected chi connectivity index (χ1v) is 11.0. The Bertz CT molecular complexity index is 1040. The van der Waals surface area contributed by atoms with Gasteiger partial charge >= 0.3 is 0 Å². The molecule has 2 aliphatic rings. The van der Waals surface area contributed by atoms with Crippen LogP contribution < -0.4 is 9.47 Å². The van der Waals surface area contributed by atoms with Gasteiger partial charge in [-0.25, -0.2) is 4.98 Å². The molecule has 0 spiro atoms. The minimum atomic E-state index is 0.0335. The van der Waals surface area contributed by atoms with E-state index in [1.807, 2.05) is 24.4 Å². The number of nitrogens with zero attached hydrogens (tertiary/aromatic N) is 2. The fourth-order valence-electron chi connectivity index (χ4n) is 3.77. The van der Waals surface area contributed by atoms with Gasteiger partial charge in [-0.2, -0.15) is 0 Å². The van der Waals surface area contributed by atoms with Crippen molar-refractivity contribution in [2.75, 3.05) is 19.2 Å². The number of ether oxygens (including phenoxy) is 3. The van der Waals surface area contributed by atoms with Gasteiger partial charge in [-0.05, 0) is 36.6 Å². The number of hydrogen-bond donors (Lipinski definition) is 0. The summed E-state index contributed by atoms with van der Waals surface area (Å²) < 4.78 is 18.8. The van der Waals surface area contributed by atoms with Crippen molar-refractivity contribution in [1.29, 1.82) is 0 Å². The van der Waals surface area contributed by atoms with Crippen molar-refractivity contribution in [1.82, 2.24) is 9.55 Å². The molecule has 1 aromatic heterocycles. The Kier molecular flexibility index (Phi) is 5.46. The predicted octanol–water partition coefficient (Wildman–Crippen LogP) is 4.43. The van der Waals surface area contributed by atoms with Crippen LogP contribution in [0, 0.1) is 0 Å². The molecule has 1 fully saturated rings. The second-order valence-electron chi connectivity index (χ2n) is 7.32. The lowest BCUT2D eigenvalue weighted by molar-refractivity contribution is 0.0954. The van der Waals surface area contributed by atoms with Crippen LogP contribution in [-0.4, -0.2) is 40.6 Å². The van der Waals surface area contributed by atoms with E-state index in [1.165, 1.54) is 11.8 Å². The van der Waals surface area contributed by atoms with Gasteiger partial charge in [-0.1, -0.05) is 42.1 Å². The number of hydrogen-bond acceptors (Lipinski definition) is 6. The number of imidazole rings is 1. The van der Waals surface area contributed by atoms with Gasteiger partial charge in [0.1, 0.15) is 0 Å². The molecule has 0 amide bonds. The molecule has 0 bridgehead atoms. The summed E-state index contributed by atoms with van der Waals surface area (Å²) in [7, 11) is 0. The van der Waals surface area contributed by atoms with Gasteiger partial charge in [0.15, 0.2) is 22.4 Å². The third kappa shape index (κ3) is 3.95. The smallest absolute Gasteiger partial charge is 0.231 e. The van der Waals surface area contributed by atoms with E-state index in [2.05, 4.69) is 21.7 Å². The molecule has 154 valence electrons. The average molecular weight is 423 g/mol. The van der Waals surface area contributed by atoms with E-state index in [-0.39, 0.29) is 18.7 Å². The maximum absolute atomic E-state index is 12.8. The molecule has 2 aliphatic heterocycles. The highest BCUT2D eigenvalue weighted by Gasteiger charge is 2.22. The third-order valence-corrected chi connectivity index (χ3v) is 6.32. The van der Waals surface area contributed by atoms with Crippen LogP contribution in [-0.2, 0) is 11.3 Å². The quantitative estimate of drug-likeness (QED) is 0.415. The van der Waals surface area contributed by atoms with Gasteiger partial charge in [0, 0.05) is 12.2 Å². The number of ketones is 1. The van der Waals surface area contributed by atoms with Gasteiger partial charge in [0.25, 0.3) is 0 Å². The summed E-state index contributed by atoms with van der Waals surface area (Å²) >= 11 is 1.46. The fraction of sp³-hybridized carbons (Fsp3) is 0.304. The molecular formula is C23H22N2O4S. The highest BCUT2D eigenvalue weighted by Crippen LogP contribution is 2.33. The number of carbonyl (C=O) groups is 1. The molecule has 0 N–H and O–H groups in total. The van der Waals surface area contributed by atoms with Crippen molar-refractivity contribution in [3.8, 4) is 22.8 Å². The largest absolute Gasteiger partial charge is 0.454 e. The zero-order chi connectivity index (χ0) is 20.3. The van der Waals surface area contributed by atoms with Gasteiger partial charge < -0.3 is 18.8 Å². The molecule has 7 heteroatoms. The Morgan fingerprint density at radius 1 is 1.13 bits per heavy atom. The van der Waals surface area contributed by atoms with Crippen LogP contribution in [0.15, 0.2) is 59.9 Å². The van der Waals surface area contributed by atoms with E-state index in [1.54, 1.807) is 18.2 Å². The molecule has 0 radical (unpaired) electrons. The standard InChI is InChI=1S/C23H22N2O4S/c26-20(17-8-9-21-22(11-17)29-15-28-21)14-30-23-24-12-19(16-5-2-1-3-6-16)25(23)13-18-7-4-10-27-18/h1-3,5-6,8-9,11-12,18H,4,7,10,13-15H2/t18-/m0/s1. The number of thioether (sulfide) groups is 1. The van der Waals surface area contributed by atoms with Crippen molar-refractivity contribution in [2.24, 2.45) is 0 Å². The lowest BCUT2D eigenvalue weighted by atomic mass is 10.1. The number of fused-ring (bicyclic) bond motifs is 1. The SMILES string of the molecule is O=C(CSc1ncc(-c2ccccc2)n1C[C@@H]1CCCO1)c1ccc2c(c1)OCO2. The Balaban J connectivity index is 1.35. The van der Waals surface area contributed by atoms with E-state index in [0.717, 1.165) is 42.4 Å². The molecule has 0 aliphatic carbocycles. The number of carbonyl (C=O) groups excluding carboxylic acids is 1. The zero-order valence-electron chi connectivity index (χ0n) is 16.5. The van der Waals surface area contributed by atoms with E-state index >= 15 is 0 Å². The van der Waals surface area contributed by atoms with Gasteiger partial charge in [0.2, 0.25) is 6.79 Å². The summed E-state index contributed by atoms with van der Waals surface area (Å²) in [5.41, 5.74) is 2.77. The maximum Gasteiger partial charge on any atom is 0.231 e. The topological polar surface area (TPSA) is 62.6 Å². The number of aromatic nitrogens is 2. The van der Waals surface area contributed by atoms with Crippen molar-refractivity contribution < 1.29 is 19.0 Å². The summed E-state index contributed by atoms with van der Waals surface area (Å²) in [5, 5.41) is 0.832. The van der Waals surface area contributed by atoms with Crippen LogP contribution in [0.2, 0.25) is 0 Å². The van der Waals surface area contributed by atoms with Crippen molar-refractivity contribution in [2.45, 2.75) is 30.6 Å². The molecule has 1 saturated heterocycles. The number of rotatable bonds is 7. The summed E-state index contributed by atoms with van der Waals surface area (Å²) in [6.07, 6.45) is 4.21. The number of Topliss-reactive ketones (excluding diaryl/α,β-unsaturated/α-hetero) is 1.